The van der Waals surface area contributed by atoms with E-state index in [0.29, 0.717) is 29.4 Å². The van der Waals surface area contributed by atoms with E-state index >= 15 is 57.5 Å². The first kappa shape index (κ1) is 117. The molecule has 6 rings (SSSR count). The molecule has 0 saturated carbocycles. The number of unbranched alkanes of at least 4 members (excludes halogenated alkanes) is 2. The molecule has 786 valence electrons. The minimum Gasteiger partial charge on any atom is -0.508 e. The van der Waals surface area contributed by atoms with Crippen molar-refractivity contribution in [1.82, 2.24) is 101 Å². The van der Waals surface area contributed by atoms with Gasteiger partial charge in [-0.2, -0.15) is 0 Å². The Bertz CT molecular complexity index is 4980. The predicted molar refractivity (Wildman–Crippen MR) is 538 cm³/mol. The maximum absolute atomic E-state index is 16.0. The van der Waals surface area contributed by atoms with Crippen molar-refractivity contribution in [2.45, 2.75) is 232 Å². The van der Waals surface area contributed by atoms with Crippen LogP contribution in [0.2, 0.25) is 0 Å². The SMILES string of the molecule is N=C(N)NCCCC1NC(=O)[C@H](Cc2ccc(O)cc2)NC(=O)[C@@H](NC(=O)[C@H](Cc2ccc3ccccc3c2)NC(=O)[C@H](CCCNC(=N)N)NC(=O)[C@@H](N)CCCNC(=N)N)CSSCC(C(=O)N[C@@H](CCCNC(=N)N)C(=O)O)NC(=O)[C@H](CCCNC(N)=O)NC(=O)C(CCCNC(=N)N)NC(=O)[C@H](Cc2ccc(O)cc2)NC(=O)[C@@H]2CCCN2C(=O)[C@@H](CCCCN)NC(=O)[C@H](CCCCN)NC1=O. The number of guanidine groups is 5. The van der Waals surface area contributed by atoms with Gasteiger partial charge >= 0.3 is 12.0 Å². The van der Waals surface area contributed by atoms with Crippen molar-refractivity contribution in [1.29, 1.82) is 27.0 Å². The summed E-state index contributed by atoms with van der Waals surface area (Å²) in [4.78, 5) is 226. The van der Waals surface area contributed by atoms with Crippen molar-refractivity contribution in [3.63, 3.8) is 0 Å². The van der Waals surface area contributed by atoms with Gasteiger partial charge in [-0.25, -0.2) is 9.59 Å². The zero-order valence-electron chi connectivity index (χ0n) is 79.7. The van der Waals surface area contributed by atoms with Gasteiger partial charge in [0.05, 0.1) is 6.04 Å². The number of aromatic hydroxyl groups is 2. The standard InChI is InChI=1S/C90H141N33O18S2/c91-35-5-3-17-58-74(129)116-63(18-4-6-36-92)83(138)123-43-13-24-70(123)82(137)120-66(46-51-28-33-56(125)34-29-51)78(133)115-61(21-10-40-108-88(100)101)73(128)113-62(22-11-42-110-90(104)141)76(131)121-68(80(135)117-64(84(139)140)23-12-41-109-89(102)103)48-142-143-49-69(81(136)119-65(45-50-26-31-55(124)32-27-50)77(132)114-60(72(127)112-58)20-9-39-107-87(98)99)122-79(134)67(47-52-25-30-53-14-1-2-15-54(53)44-52)118-75(130)59(19-8-38-106-86(96)97)111-71(126)57(93)16-7-37-105-85(94)95/h1-2,14-15,25-34,44,57-70,124-125H,3-13,16-24,35-43,45-49,91-93H2,(H,111,126)(H,112,127)(H,113,128)(H,114,132)(H,115,133)(H,116,129)(H,117,135)(H,118,130)(H,119,136)(H,120,137)(H,121,131)(H,122,134)(H,139,140)(H4,94,95,105)(H4,96,97,106)(H4,98,99,107)(H4,100,101,108)(H4,102,103,109)(H3,104,110,141)/t57-,58-,59-,60?,61?,62-,63+,64-,65-,66-,67-,68?,69-,70-/m0/s1. The summed E-state index contributed by atoms with van der Waals surface area (Å²) in [6, 6.07) is -0.487. The normalized spacial score (nSPS) is 20.2. The lowest BCUT2D eigenvalue weighted by Gasteiger charge is -2.31. The number of phenols is 2. The van der Waals surface area contributed by atoms with Crippen LogP contribution in [0.25, 0.3) is 10.8 Å². The minimum atomic E-state index is -1.91. The molecule has 2 saturated heterocycles. The maximum atomic E-state index is 16.0. The lowest BCUT2D eigenvalue weighted by molar-refractivity contribution is -0.142. The fourth-order valence-corrected chi connectivity index (χ4v) is 17.8. The lowest BCUT2D eigenvalue weighted by atomic mass is 10.00. The Labute approximate surface area is 835 Å². The Morgan fingerprint density at radius 1 is 0.413 bits per heavy atom. The van der Waals surface area contributed by atoms with Crippen LogP contribution in [-0.2, 0) is 86.4 Å². The number of primary amides is 1. The monoisotopic (exact) mass is 2040 g/mol. The van der Waals surface area contributed by atoms with Crippen molar-refractivity contribution in [2.75, 3.05) is 70.4 Å². The largest absolute Gasteiger partial charge is 0.508 e. The van der Waals surface area contributed by atoms with E-state index in [-0.39, 0.29) is 204 Å². The summed E-state index contributed by atoms with van der Waals surface area (Å²) < 4.78 is 0. The van der Waals surface area contributed by atoms with E-state index in [9.17, 15) is 29.7 Å². The van der Waals surface area contributed by atoms with E-state index in [1.54, 1.807) is 36.4 Å². The topological polar surface area (TPSA) is 890 Å². The quantitative estimate of drug-likeness (QED) is 0.00847. The fraction of sp³-hybridized carbons (Fsp3) is 0.533. The highest BCUT2D eigenvalue weighted by Crippen LogP contribution is 2.27. The molecule has 2 heterocycles. The third kappa shape index (κ3) is 43.7. The Morgan fingerprint density at radius 2 is 0.811 bits per heavy atom. The molecule has 2 fully saturated rings. The second kappa shape index (κ2) is 62.6. The molecule has 0 aromatic heterocycles. The van der Waals surface area contributed by atoms with E-state index in [0.717, 1.165) is 27.0 Å². The minimum absolute atomic E-state index is 0.0122. The van der Waals surface area contributed by atoms with Gasteiger partial charge in [-0.15, -0.1) is 0 Å². The number of urea groups is 1. The molecule has 15 amide bonds. The van der Waals surface area contributed by atoms with E-state index in [1.807, 2.05) is 6.07 Å². The van der Waals surface area contributed by atoms with E-state index in [1.165, 1.54) is 53.4 Å². The molecular weight excluding hydrogens is 1900 g/mol. The van der Waals surface area contributed by atoms with Crippen LogP contribution in [0.3, 0.4) is 0 Å². The van der Waals surface area contributed by atoms with Crippen molar-refractivity contribution >= 4 is 151 Å². The molecule has 0 aliphatic carbocycles. The number of benzene rings is 4. The molecular formula is C90H141N33O18S2. The van der Waals surface area contributed by atoms with Crippen molar-refractivity contribution < 1.29 is 87.2 Å². The highest BCUT2D eigenvalue weighted by atomic mass is 33.1. The van der Waals surface area contributed by atoms with Crippen LogP contribution >= 0.6 is 21.6 Å². The summed E-state index contributed by atoms with van der Waals surface area (Å²) in [6.07, 6.45) is -1.39. The predicted octanol–water partition coefficient (Wildman–Crippen LogP) is -6.08. The van der Waals surface area contributed by atoms with Crippen LogP contribution in [0.5, 0.6) is 11.5 Å². The first-order valence-electron chi connectivity index (χ1n) is 47.3. The number of nitrogens with zero attached hydrogens (tertiary/aromatic N) is 1. The maximum Gasteiger partial charge on any atom is 0.326 e. The molecule has 4 aromatic rings. The number of fused-ring (bicyclic) bond motifs is 2. The molecule has 4 aromatic carbocycles. The number of carboxylic acid groups (broad SMARTS) is 1. The number of carboxylic acids is 1. The summed E-state index contributed by atoms with van der Waals surface area (Å²) in [7, 11) is 1.47. The number of carbonyl (C=O) groups excluding carboxylic acids is 14. The number of carbonyl (C=O) groups is 15. The zero-order chi connectivity index (χ0) is 105. The molecule has 0 radical (unpaired) electrons. The van der Waals surface area contributed by atoms with Gasteiger partial charge in [0.2, 0.25) is 76.8 Å². The van der Waals surface area contributed by atoms with E-state index < -0.39 is 222 Å². The van der Waals surface area contributed by atoms with Crippen LogP contribution in [-0.4, -0.2) is 294 Å². The Hall–Kier alpha value is -14.5. The second-order valence-electron chi connectivity index (χ2n) is 34.5. The summed E-state index contributed by atoms with van der Waals surface area (Å²) in [6.45, 7) is -0.0419. The van der Waals surface area contributed by atoms with Gasteiger partial charge in [0.15, 0.2) is 29.8 Å². The molecule has 0 spiro atoms. The van der Waals surface area contributed by atoms with E-state index in [4.69, 9.17) is 78.6 Å². The Kier molecular flexibility index (Phi) is 51.4. The molecule has 143 heavy (non-hydrogen) atoms. The second-order valence-corrected chi connectivity index (χ2v) is 37.0. The number of amides is 15. The number of hydrogen-bond acceptors (Lipinski definition) is 27. The van der Waals surface area contributed by atoms with Gasteiger partial charge in [0.25, 0.3) is 0 Å². The molecule has 44 N–H and O–H groups in total. The van der Waals surface area contributed by atoms with Crippen molar-refractivity contribution in [2.24, 2.45) is 51.6 Å². The molecule has 0 bridgehead atoms. The van der Waals surface area contributed by atoms with E-state index in [2.05, 4.69) is 95.7 Å². The number of nitrogens with one attached hydrogen (secondary N) is 23. The summed E-state index contributed by atoms with van der Waals surface area (Å²) in [5.41, 5.74) is 52.8. The smallest absolute Gasteiger partial charge is 0.326 e. The van der Waals surface area contributed by atoms with Gasteiger partial charge in [-0.3, -0.25) is 89.4 Å². The molecule has 2 aliphatic heterocycles. The van der Waals surface area contributed by atoms with Gasteiger partial charge in [0.1, 0.15) is 90.0 Å². The van der Waals surface area contributed by atoms with Crippen molar-refractivity contribution in [3.8, 4) is 11.5 Å². The third-order valence-electron chi connectivity index (χ3n) is 23.1. The van der Waals surface area contributed by atoms with Gasteiger partial charge in [-0.1, -0.05) is 88.3 Å². The van der Waals surface area contributed by atoms with Gasteiger partial charge in [-0.05, 0) is 193 Å². The molecule has 2 aliphatic rings. The Balaban J connectivity index is 1.61. The van der Waals surface area contributed by atoms with Crippen LogP contribution in [0.15, 0.2) is 91.0 Å². The van der Waals surface area contributed by atoms with Crippen LogP contribution in [0, 0.1) is 27.0 Å². The summed E-state index contributed by atoms with van der Waals surface area (Å²) in [5.74, 6) is -18.4. The third-order valence-corrected chi connectivity index (χ3v) is 25.5. The highest BCUT2D eigenvalue weighted by molar-refractivity contribution is 8.76. The first-order chi connectivity index (χ1) is 68.2. The number of phenolic OH excluding ortho intramolecular Hbond substituents is 2. The fourth-order valence-electron chi connectivity index (χ4n) is 15.5. The average Bonchev–Trinajstić information content (AvgIpc) is 1.73. The van der Waals surface area contributed by atoms with Gasteiger partial charge in [0, 0.05) is 76.6 Å². The van der Waals surface area contributed by atoms with Crippen LogP contribution in [0.1, 0.15) is 145 Å². The number of hydrogen-bond donors (Lipinski definition) is 35. The summed E-state index contributed by atoms with van der Waals surface area (Å²) in [5, 5.41) is 120. The van der Waals surface area contributed by atoms with Gasteiger partial charge < -0.3 is 168 Å². The highest BCUT2D eigenvalue weighted by Gasteiger charge is 2.43. The average molecular weight is 2040 g/mol. The lowest BCUT2D eigenvalue weighted by Crippen LogP contribution is -2.61. The summed E-state index contributed by atoms with van der Waals surface area (Å²) >= 11 is 0. The zero-order valence-corrected chi connectivity index (χ0v) is 81.3. The first-order valence-corrected chi connectivity index (χ1v) is 49.8. The van der Waals surface area contributed by atoms with Crippen molar-refractivity contribution in [3.05, 3.63) is 108 Å². The van der Waals surface area contributed by atoms with Crippen LogP contribution < -0.4 is 147 Å². The molecule has 51 nitrogen and oxygen atoms in total. The number of nitrogens with two attached hydrogens (primary N) is 9. The number of rotatable bonds is 47. The molecule has 14 atom stereocenters. The Morgan fingerprint density at radius 3 is 1.29 bits per heavy atom. The molecule has 3 unspecified atom stereocenters. The molecule has 53 heteroatoms. The number of aliphatic carboxylic acids is 1. The van der Waals surface area contributed by atoms with Crippen LogP contribution in [0.4, 0.5) is 4.79 Å².